The molecule has 1 aromatic carbocycles. The lowest BCUT2D eigenvalue weighted by Gasteiger charge is -2.39. The Kier molecular flexibility index (Phi) is 5.91. The Morgan fingerprint density at radius 1 is 1.31 bits per heavy atom. The molecule has 156 valence electrons. The number of benzene rings is 1. The normalized spacial score (nSPS) is 19.4. The van der Waals surface area contributed by atoms with Gasteiger partial charge in [-0.3, -0.25) is 4.79 Å². The van der Waals surface area contributed by atoms with Crippen molar-refractivity contribution in [1.82, 2.24) is 20.3 Å². The third kappa shape index (κ3) is 4.48. The average Bonchev–Trinajstić information content (AvgIpc) is 3.47. The number of hydrogen-bond donors (Lipinski definition) is 2. The summed E-state index contributed by atoms with van der Waals surface area (Å²) in [7, 11) is 0. The Labute approximate surface area is 173 Å². The second-order valence-electron chi connectivity index (χ2n) is 7.67. The first-order valence-corrected chi connectivity index (χ1v) is 10.4. The molecule has 2 aromatic rings. The number of rotatable bonds is 6. The zero-order chi connectivity index (χ0) is 20.4. The average molecular weight is 421 g/mol. The number of carbonyl (C=O) groups is 2. The Hall–Kier alpha value is -2.32. The summed E-state index contributed by atoms with van der Waals surface area (Å²) >= 11 is 6.06. The van der Waals surface area contributed by atoms with E-state index in [1.807, 2.05) is 4.90 Å². The highest BCUT2D eigenvalue weighted by Gasteiger charge is 2.39. The molecule has 0 spiro atoms. The number of urea groups is 1. The molecule has 2 heterocycles. The molecule has 1 saturated carbocycles. The Morgan fingerprint density at radius 2 is 2.14 bits per heavy atom. The van der Waals surface area contributed by atoms with E-state index in [-0.39, 0.29) is 43.6 Å². The van der Waals surface area contributed by atoms with Gasteiger partial charge in [-0.15, -0.1) is 0 Å². The topological polar surface area (TPSA) is 98.9 Å². The van der Waals surface area contributed by atoms with Gasteiger partial charge in [0.1, 0.15) is 5.52 Å². The molecule has 0 radical (unpaired) electrons. The number of aliphatic hydroxyl groups excluding tert-OH is 1. The first-order chi connectivity index (χ1) is 14.1. The minimum atomic E-state index is -0.152. The van der Waals surface area contributed by atoms with Gasteiger partial charge in [0.25, 0.3) is 0 Å². The smallest absolute Gasteiger partial charge is 0.318 e. The fraction of sp³-hybridized carbons (Fsp3) is 0.550. The summed E-state index contributed by atoms with van der Waals surface area (Å²) in [6.45, 7) is 1.27. The number of likely N-dealkylation sites (tertiary alicyclic amines) is 1. The third-order valence-corrected chi connectivity index (χ3v) is 5.79. The quantitative estimate of drug-likeness (QED) is 0.748. The molecule has 0 bridgehead atoms. The Morgan fingerprint density at radius 3 is 2.90 bits per heavy atom. The van der Waals surface area contributed by atoms with Gasteiger partial charge in [0.05, 0.1) is 19.2 Å². The highest BCUT2D eigenvalue weighted by Crippen LogP contribution is 2.32. The SMILES string of the molecule is O=C(CCO)N1CCC[C@@H](N(C(=O)NCc2onc3ccc(Cl)cc23)C2CC2)C1. The van der Waals surface area contributed by atoms with E-state index in [1.165, 1.54) is 0 Å². The molecule has 0 unspecified atom stereocenters. The maximum Gasteiger partial charge on any atom is 0.318 e. The summed E-state index contributed by atoms with van der Waals surface area (Å²) in [5.74, 6) is 0.508. The van der Waals surface area contributed by atoms with Gasteiger partial charge in [0, 0.05) is 36.0 Å². The number of nitrogens with one attached hydrogen (secondary N) is 1. The monoisotopic (exact) mass is 420 g/mol. The van der Waals surface area contributed by atoms with Gasteiger partial charge in [0.15, 0.2) is 5.76 Å². The molecule has 2 fully saturated rings. The molecule has 2 aliphatic rings. The van der Waals surface area contributed by atoms with Crippen LogP contribution in [0.2, 0.25) is 5.02 Å². The number of hydrogen-bond acceptors (Lipinski definition) is 5. The van der Waals surface area contributed by atoms with Crippen LogP contribution in [0.4, 0.5) is 4.79 Å². The van der Waals surface area contributed by atoms with Crippen LogP contribution in [0.25, 0.3) is 10.9 Å². The van der Waals surface area contributed by atoms with Crippen molar-refractivity contribution in [3.8, 4) is 0 Å². The van der Waals surface area contributed by atoms with E-state index in [0.29, 0.717) is 29.4 Å². The van der Waals surface area contributed by atoms with Gasteiger partial charge < -0.3 is 24.7 Å². The van der Waals surface area contributed by atoms with Gasteiger partial charge in [-0.25, -0.2) is 4.79 Å². The van der Waals surface area contributed by atoms with Gasteiger partial charge in [0.2, 0.25) is 5.91 Å². The number of amides is 3. The minimum Gasteiger partial charge on any atom is -0.396 e. The number of nitrogens with zero attached hydrogens (tertiary/aromatic N) is 3. The molecule has 1 atom stereocenters. The van der Waals surface area contributed by atoms with E-state index < -0.39 is 0 Å². The van der Waals surface area contributed by atoms with Crippen molar-refractivity contribution < 1.29 is 19.2 Å². The van der Waals surface area contributed by atoms with Crippen LogP contribution in [-0.4, -0.2) is 63.8 Å². The lowest BCUT2D eigenvalue weighted by Crippen LogP contribution is -2.54. The zero-order valence-electron chi connectivity index (χ0n) is 16.1. The van der Waals surface area contributed by atoms with E-state index in [4.69, 9.17) is 21.2 Å². The predicted molar refractivity (Wildman–Crippen MR) is 107 cm³/mol. The van der Waals surface area contributed by atoms with E-state index in [2.05, 4.69) is 10.5 Å². The fourth-order valence-electron chi connectivity index (χ4n) is 3.98. The molecule has 8 nitrogen and oxygen atoms in total. The summed E-state index contributed by atoms with van der Waals surface area (Å²) in [6, 6.07) is 5.35. The lowest BCUT2D eigenvalue weighted by atomic mass is 10.0. The summed E-state index contributed by atoms with van der Waals surface area (Å²) in [5, 5.41) is 17.4. The van der Waals surface area contributed by atoms with Crippen molar-refractivity contribution in [3.05, 3.63) is 29.0 Å². The lowest BCUT2D eigenvalue weighted by molar-refractivity contribution is -0.133. The molecule has 29 heavy (non-hydrogen) atoms. The summed E-state index contributed by atoms with van der Waals surface area (Å²) < 4.78 is 5.38. The summed E-state index contributed by atoms with van der Waals surface area (Å²) in [4.78, 5) is 28.8. The molecule has 2 N–H and O–H groups in total. The molecule has 3 amide bonds. The van der Waals surface area contributed by atoms with E-state index in [9.17, 15) is 9.59 Å². The summed E-state index contributed by atoms with van der Waals surface area (Å²) in [6.07, 6.45) is 3.81. The second-order valence-corrected chi connectivity index (χ2v) is 8.11. The standard InChI is InChI=1S/C20H25ClN4O4/c21-13-3-6-17-16(10-13)18(29-23-17)11-22-20(28)25(14-4-5-14)15-2-1-8-24(12-15)19(27)7-9-26/h3,6,10,14-15,26H,1-2,4-5,7-9,11-12H2,(H,22,28)/t15-/m1/s1. The van der Waals surface area contributed by atoms with E-state index >= 15 is 0 Å². The predicted octanol–water partition coefficient (Wildman–Crippen LogP) is 2.53. The van der Waals surface area contributed by atoms with E-state index in [0.717, 1.165) is 31.1 Å². The van der Waals surface area contributed by atoms with Gasteiger partial charge in [-0.2, -0.15) is 0 Å². The van der Waals surface area contributed by atoms with Crippen molar-refractivity contribution in [2.24, 2.45) is 0 Å². The molecule has 4 rings (SSSR count). The largest absolute Gasteiger partial charge is 0.396 e. The first-order valence-electron chi connectivity index (χ1n) is 10.1. The van der Waals surface area contributed by atoms with E-state index in [1.54, 1.807) is 23.1 Å². The van der Waals surface area contributed by atoms with Crippen LogP contribution >= 0.6 is 11.6 Å². The van der Waals surface area contributed by atoms with Crippen LogP contribution < -0.4 is 5.32 Å². The number of carbonyl (C=O) groups excluding carboxylic acids is 2. The number of piperidine rings is 1. The molecular weight excluding hydrogens is 396 g/mol. The molecule has 9 heteroatoms. The first kappa shape index (κ1) is 20.0. The minimum absolute atomic E-state index is 0.0141. The highest BCUT2D eigenvalue weighted by atomic mass is 35.5. The maximum absolute atomic E-state index is 13.0. The fourth-order valence-corrected chi connectivity index (χ4v) is 4.16. The third-order valence-electron chi connectivity index (χ3n) is 5.56. The molecule has 1 aliphatic carbocycles. The van der Waals surface area contributed by atoms with Gasteiger partial charge >= 0.3 is 6.03 Å². The Bertz CT molecular complexity index is 898. The van der Waals surface area contributed by atoms with Crippen molar-refractivity contribution >= 4 is 34.4 Å². The second kappa shape index (κ2) is 8.59. The van der Waals surface area contributed by atoms with Crippen molar-refractivity contribution in [2.75, 3.05) is 19.7 Å². The van der Waals surface area contributed by atoms with Crippen LogP contribution in [0.3, 0.4) is 0 Å². The Balaban J connectivity index is 1.42. The van der Waals surface area contributed by atoms with Gasteiger partial charge in [-0.05, 0) is 43.9 Å². The molecule has 1 saturated heterocycles. The summed E-state index contributed by atoms with van der Waals surface area (Å²) in [5.41, 5.74) is 0.697. The van der Waals surface area contributed by atoms with Gasteiger partial charge in [-0.1, -0.05) is 16.8 Å². The molecule has 1 aliphatic heterocycles. The van der Waals surface area contributed by atoms with Crippen molar-refractivity contribution in [1.29, 1.82) is 0 Å². The number of halogens is 1. The molecular formula is C20H25ClN4O4. The van der Waals surface area contributed by atoms with Crippen LogP contribution in [0, 0.1) is 0 Å². The van der Waals surface area contributed by atoms with Crippen LogP contribution in [0.1, 0.15) is 37.9 Å². The zero-order valence-corrected chi connectivity index (χ0v) is 16.9. The van der Waals surface area contributed by atoms with Crippen LogP contribution in [-0.2, 0) is 11.3 Å². The number of aliphatic hydroxyl groups is 1. The number of aromatic nitrogens is 1. The highest BCUT2D eigenvalue weighted by molar-refractivity contribution is 6.31. The molecule has 1 aromatic heterocycles. The van der Waals surface area contributed by atoms with Crippen LogP contribution in [0.5, 0.6) is 0 Å². The maximum atomic E-state index is 13.0. The van der Waals surface area contributed by atoms with Crippen molar-refractivity contribution in [3.63, 3.8) is 0 Å². The van der Waals surface area contributed by atoms with Crippen molar-refractivity contribution in [2.45, 2.75) is 50.7 Å². The van der Waals surface area contributed by atoms with Crippen LogP contribution in [0.15, 0.2) is 22.7 Å². The number of fused-ring (bicyclic) bond motifs is 1.